The SMILES string of the molecule is CCN1C[C@@]2(COC)CC[C@H](OC)[C@@]34[C@@H]5C[C@]6(O)[C@H](C(=O)c7ccc(OC)cc7)[C@@H]5[C@@](OC(C)=O)(C[C@H]6OC)[C@@H]([C@@H](OC)[C@@H]23)[C@@H]14. The molecule has 7 rings (SSSR count). The molecule has 45 heavy (non-hydrogen) atoms. The summed E-state index contributed by atoms with van der Waals surface area (Å²) in [5.41, 5.74) is -2.76. The van der Waals surface area contributed by atoms with Gasteiger partial charge in [-0.3, -0.25) is 14.5 Å². The van der Waals surface area contributed by atoms with E-state index in [4.69, 9.17) is 28.4 Å². The normalized spacial score (nSPS) is 47.4. The minimum absolute atomic E-state index is 0.0227. The molecule has 5 saturated carbocycles. The van der Waals surface area contributed by atoms with Gasteiger partial charge in [0.2, 0.25) is 0 Å². The second-order valence-corrected chi connectivity index (χ2v) is 14.6. The zero-order valence-electron chi connectivity index (χ0n) is 27.6. The zero-order valence-corrected chi connectivity index (χ0v) is 27.6. The highest BCUT2D eigenvalue weighted by Crippen LogP contribution is 2.81. The lowest BCUT2D eigenvalue weighted by Gasteiger charge is -2.69. The molecule has 10 heteroatoms. The fourth-order valence-corrected chi connectivity index (χ4v) is 12.7. The first-order valence-corrected chi connectivity index (χ1v) is 16.5. The van der Waals surface area contributed by atoms with E-state index in [9.17, 15) is 14.7 Å². The number of fused-ring (bicyclic) bond motifs is 2. The number of ether oxygens (including phenoxy) is 6. The number of esters is 1. The quantitative estimate of drug-likeness (QED) is 0.307. The molecule has 1 heterocycles. The Hall–Kier alpha value is -2.08. The number of hydrogen-bond donors (Lipinski definition) is 1. The van der Waals surface area contributed by atoms with Gasteiger partial charge < -0.3 is 33.5 Å². The summed E-state index contributed by atoms with van der Waals surface area (Å²) < 4.78 is 37.3. The van der Waals surface area contributed by atoms with Crippen molar-refractivity contribution >= 4 is 11.8 Å². The Morgan fingerprint density at radius 1 is 0.978 bits per heavy atom. The fourth-order valence-electron chi connectivity index (χ4n) is 12.7. The van der Waals surface area contributed by atoms with Crippen molar-refractivity contribution in [2.75, 3.05) is 55.2 Å². The molecule has 10 nitrogen and oxygen atoms in total. The number of benzene rings is 1. The number of carbonyl (C=O) groups excluding carboxylic acids is 2. The molecule has 0 amide bonds. The Labute approximate surface area is 266 Å². The standard InChI is InChI=1S/C35H49NO9/c1-8-36-17-32(18-40-3)14-13-23(42-5)35-22-15-33(39)24(43-6)16-34(45-19(2)37,27(31(35)36)29(44-7)30(32)35)25(22)26(33)28(38)20-9-11-21(41-4)12-10-20/h9-12,22-27,29-31,39H,8,13-18H2,1-7H3/t22-,23+,24-,25-,26+,27+,29-,30+,31-,32-,33-,34+,35+/m1/s1. The molecule has 5 aliphatic carbocycles. The van der Waals surface area contributed by atoms with Crippen LogP contribution in [0.4, 0.5) is 0 Å². The summed E-state index contributed by atoms with van der Waals surface area (Å²) in [6.45, 7) is 5.86. The number of aliphatic hydroxyl groups is 1. The van der Waals surface area contributed by atoms with Gasteiger partial charge in [0.15, 0.2) is 5.78 Å². The van der Waals surface area contributed by atoms with Gasteiger partial charge in [0, 0.05) is 88.5 Å². The van der Waals surface area contributed by atoms with Crippen LogP contribution in [0.15, 0.2) is 24.3 Å². The maximum absolute atomic E-state index is 14.8. The van der Waals surface area contributed by atoms with E-state index in [0.717, 1.165) is 25.9 Å². The predicted octanol–water partition coefficient (Wildman–Crippen LogP) is 2.99. The van der Waals surface area contributed by atoms with Gasteiger partial charge in [-0.1, -0.05) is 6.92 Å². The van der Waals surface area contributed by atoms with E-state index < -0.39 is 40.5 Å². The van der Waals surface area contributed by atoms with Crippen molar-refractivity contribution in [1.82, 2.24) is 4.90 Å². The third-order valence-corrected chi connectivity index (χ3v) is 13.5. The van der Waals surface area contributed by atoms with Crippen LogP contribution in [0.3, 0.4) is 0 Å². The van der Waals surface area contributed by atoms with Crippen molar-refractivity contribution in [3.63, 3.8) is 0 Å². The third-order valence-electron chi connectivity index (χ3n) is 13.5. The summed E-state index contributed by atoms with van der Waals surface area (Å²) in [5, 5.41) is 12.9. The van der Waals surface area contributed by atoms with Gasteiger partial charge in [-0.15, -0.1) is 0 Å². The van der Waals surface area contributed by atoms with Crippen molar-refractivity contribution in [2.45, 2.75) is 75.1 Å². The Balaban J connectivity index is 1.52. The van der Waals surface area contributed by atoms with E-state index in [0.29, 0.717) is 30.8 Å². The first kappa shape index (κ1) is 31.5. The number of hydrogen-bond acceptors (Lipinski definition) is 10. The topological polar surface area (TPSA) is 113 Å². The first-order valence-electron chi connectivity index (χ1n) is 16.5. The number of methoxy groups -OCH3 is 5. The molecule has 13 atom stereocenters. The Morgan fingerprint density at radius 3 is 2.27 bits per heavy atom. The van der Waals surface area contributed by atoms with Crippen LogP contribution in [0.2, 0.25) is 0 Å². The van der Waals surface area contributed by atoms with E-state index >= 15 is 0 Å². The summed E-state index contributed by atoms with van der Waals surface area (Å²) >= 11 is 0. The molecule has 6 fully saturated rings. The van der Waals surface area contributed by atoms with E-state index in [1.807, 2.05) is 0 Å². The largest absolute Gasteiger partial charge is 0.497 e. The first-order chi connectivity index (χ1) is 21.6. The molecule has 1 spiro atoms. The lowest BCUT2D eigenvalue weighted by Crippen LogP contribution is -2.77. The van der Waals surface area contributed by atoms with E-state index in [1.54, 1.807) is 59.8 Å². The van der Waals surface area contributed by atoms with Gasteiger partial charge in [-0.25, -0.2) is 0 Å². The molecule has 1 aromatic rings. The molecule has 0 aromatic heterocycles. The molecule has 1 aliphatic heterocycles. The van der Waals surface area contributed by atoms with E-state index in [2.05, 4.69) is 11.8 Å². The fraction of sp³-hybridized carbons (Fsp3) is 0.771. The van der Waals surface area contributed by atoms with Gasteiger partial charge in [0.1, 0.15) is 17.0 Å². The molecule has 0 unspecified atom stereocenters. The Bertz CT molecular complexity index is 1340. The van der Waals surface area contributed by atoms with Gasteiger partial charge in [0.05, 0.1) is 37.9 Å². The van der Waals surface area contributed by atoms with Gasteiger partial charge in [-0.2, -0.15) is 0 Å². The second-order valence-electron chi connectivity index (χ2n) is 14.6. The molecule has 0 radical (unpaired) electrons. The van der Waals surface area contributed by atoms with Crippen LogP contribution in [0.5, 0.6) is 5.75 Å². The highest BCUT2D eigenvalue weighted by Gasteiger charge is 2.89. The lowest BCUT2D eigenvalue weighted by atomic mass is 9.42. The number of nitrogens with zero attached hydrogens (tertiary/aromatic N) is 1. The van der Waals surface area contributed by atoms with Crippen LogP contribution in [-0.4, -0.2) is 113 Å². The maximum Gasteiger partial charge on any atom is 0.303 e. The summed E-state index contributed by atoms with van der Waals surface area (Å²) in [6, 6.07) is 7.02. The Morgan fingerprint density at radius 2 is 1.69 bits per heavy atom. The van der Waals surface area contributed by atoms with Crippen LogP contribution in [0, 0.1) is 40.4 Å². The zero-order chi connectivity index (χ0) is 32.1. The van der Waals surface area contributed by atoms with E-state index in [-0.39, 0.29) is 47.2 Å². The minimum Gasteiger partial charge on any atom is -0.497 e. The monoisotopic (exact) mass is 627 g/mol. The van der Waals surface area contributed by atoms with Crippen molar-refractivity contribution in [2.24, 2.45) is 40.4 Å². The number of piperidine rings is 1. The molecule has 7 bridgehead atoms. The van der Waals surface area contributed by atoms with Crippen molar-refractivity contribution in [1.29, 1.82) is 0 Å². The highest BCUT2D eigenvalue weighted by atomic mass is 16.6. The Kier molecular flexibility index (Phi) is 7.51. The van der Waals surface area contributed by atoms with Gasteiger partial charge in [0.25, 0.3) is 0 Å². The van der Waals surface area contributed by atoms with Crippen molar-refractivity contribution < 1.29 is 43.1 Å². The number of ketones is 1. The van der Waals surface area contributed by atoms with Gasteiger partial charge in [-0.05, 0) is 56.0 Å². The number of likely N-dealkylation sites (tertiary alicyclic amines) is 1. The summed E-state index contributed by atoms with van der Waals surface area (Å²) in [4.78, 5) is 30.7. The number of carbonyl (C=O) groups is 2. The summed E-state index contributed by atoms with van der Waals surface area (Å²) in [6.07, 6.45) is 1.28. The third kappa shape index (κ3) is 3.72. The van der Waals surface area contributed by atoms with Crippen LogP contribution in [-0.2, 0) is 28.5 Å². The molecule has 1 N–H and O–H groups in total. The average Bonchev–Trinajstić information content (AvgIpc) is 3.43. The molecular weight excluding hydrogens is 578 g/mol. The van der Waals surface area contributed by atoms with E-state index in [1.165, 1.54) is 6.92 Å². The molecule has 248 valence electrons. The summed E-state index contributed by atoms with van der Waals surface area (Å²) in [5.74, 6) is -1.66. The number of rotatable bonds is 10. The van der Waals surface area contributed by atoms with Gasteiger partial charge >= 0.3 is 5.97 Å². The summed E-state index contributed by atoms with van der Waals surface area (Å²) in [7, 11) is 8.52. The molecular formula is C35H49NO9. The lowest BCUT2D eigenvalue weighted by molar-refractivity contribution is -0.277. The second kappa shape index (κ2) is 10.7. The molecule has 1 aromatic carbocycles. The number of Topliss-reactive ketones (excluding diaryl/α,β-unsaturated/α-hetero) is 1. The maximum atomic E-state index is 14.8. The van der Waals surface area contributed by atoms with Crippen LogP contribution in [0.25, 0.3) is 0 Å². The molecule has 6 aliphatic rings. The average molecular weight is 628 g/mol. The smallest absolute Gasteiger partial charge is 0.303 e. The predicted molar refractivity (Wildman–Crippen MR) is 163 cm³/mol. The van der Waals surface area contributed by atoms with Crippen molar-refractivity contribution in [3.8, 4) is 5.75 Å². The van der Waals surface area contributed by atoms with Crippen LogP contribution < -0.4 is 4.74 Å². The minimum atomic E-state index is -1.46. The van der Waals surface area contributed by atoms with Crippen LogP contribution >= 0.6 is 0 Å². The van der Waals surface area contributed by atoms with Crippen LogP contribution in [0.1, 0.15) is 49.9 Å². The van der Waals surface area contributed by atoms with Crippen molar-refractivity contribution in [3.05, 3.63) is 29.8 Å². The molecule has 1 saturated heterocycles. The highest BCUT2D eigenvalue weighted by molar-refractivity contribution is 5.99.